The number of aryl methyl sites for hydroxylation is 1. The van der Waals surface area contributed by atoms with Gasteiger partial charge in [0.2, 0.25) is 0 Å². The Morgan fingerprint density at radius 1 is 1.56 bits per heavy atom. The number of pyridine rings is 1. The van der Waals surface area contributed by atoms with Gasteiger partial charge in [0.1, 0.15) is 12.6 Å². The van der Waals surface area contributed by atoms with Crippen molar-refractivity contribution >= 4 is 12.1 Å². The molecule has 0 fully saturated rings. The van der Waals surface area contributed by atoms with Crippen molar-refractivity contribution in [3.8, 4) is 0 Å². The van der Waals surface area contributed by atoms with Crippen LogP contribution in [0.15, 0.2) is 41.3 Å². The highest BCUT2D eigenvalue weighted by molar-refractivity contribution is 5.94. The Balaban J connectivity index is 2.54. The SMILES string of the molecule is CCC/C=C(C)/C=N\NC(=O)c1ccc[n+](C)c1. The van der Waals surface area contributed by atoms with Crippen molar-refractivity contribution in [3.63, 3.8) is 0 Å². The number of nitrogens with zero attached hydrogens (tertiary/aromatic N) is 2. The molecule has 0 bridgehead atoms. The van der Waals surface area contributed by atoms with E-state index in [0.29, 0.717) is 5.56 Å². The molecule has 0 aliphatic heterocycles. The van der Waals surface area contributed by atoms with Gasteiger partial charge in [0.15, 0.2) is 12.4 Å². The summed E-state index contributed by atoms with van der Waals surface area (Å²) >= 11 is 0. The molecule has 0 saturated heterocycles. The van der Waals surface area contributed by atoms with Crippen molar-refractivity contribution in [1.29, 1.82) is 0 Å². The van der Waals surface area contributed by atoms with Gasteiger partial charge in [-0.25, -0.2) is 9.99 Å². The van der Waals surface area contributed by atoms with Gasteiger partial charge in [0.05, 0.1) is 0 Å². The summed E-state index contributed by atoms with van der Waals surface area (Å²) in [5, 5.41) is 3.93. The van der Waals surface area contributed by atoms with Gasteiger partial charge in [0.25, 0.3) is 5.91 Å². The molecule has 0 unspecified atom stereocenters. The lowest BCUT2D eigenvalue weighted by Gasteiger charge is -1.98. The van der Waals surface area contributed by atoms with Crippen molar-refractivity contribution in [1.82, 2.24) is 5.43 Å². The summed E-state index contributed by atoms with van der Waals surface area (Å²) in [5.74, 6) is -0.203. The Morgan fingerprint density at radius 2 is 2.33 bits per heavy atom. The lowest BCUT2D eigenvalue weighted by Crippen LogP contribution is -2.29. The summed E-state index contributed by atoms with van der Waals surface area (Å²) in [6, 6.07) is 3.58. The van der Waals surface area contributed by atoms with Crippen LogP contribution in [-0.2, 0) is 7.05 Å². The van der Waals surface area contributed by atoms with Gasteiger partial charge in [-0.05, 0) is 25.0 Å². The summed E-state index contributed by atoms with van der Waals surface area (Å²) in [7, 11) is 1.87. The third kappa shape index (κ3) is 4.91. The molecule has 18 heavy (non-hydrogen) atoms. The molecule has 1 N–H and O–H groups in total. The van der Waals surface area contributed by atoms with Gasteiger partial charge in [-0.2, -0.15) is 5.10 Å². The third-order valence-electron chi connectivity index (χ3n) is 2.39. The Labute approximate surface area is 108 Å². The van der Waals surface area contributed by atoms with Gasteiger partial charge in [0, 0.05) is 12.3 Å². The largest absolute Gasteiger partial charge is 0.277 e. The normalized spacial score (nSPS) is 11.8. The van der Waals surface area contributed by atoms with E-state index in [1.165, 1.54) is 0 Å². The Bertz CT molecular complexity index is 464. The highest BCUT2D eigenvalue weighted by atomic mass is 16.2. The quantitative estimate of drug-likeness (QED) is 0.482. The first-order valence-corrected chi connectivity index (χ1v) is 6.09. The zero-order chi connectivity index (χ0) is 13.4. The third-order valence-corrected chi connectivity index (χ3v) is 2.39. The minimum atomic E-state index is -0.203. The van der Waals surface area contributed by atoms with Crippen LogP contribution in [0.1, 0.15) is 37.0 Å². The number of hydrogen-bond acceptors (Lipinski definition) is 2. The van der Waals surface area contributed by atoms with E-state index in [1.807, 2.05) is 30.8 Å². The van der Waals surface area contributed by atoms with Crippen molar-refractivity contribution in [3.05, 3.63) is 41.7 Å². The average molecular weight is 246 g/mol. The van der Waals surface area contributed by atoms with E-state index in [4.69, 9.17) is 0 Å². The molecule has 96 valence electrons. The maximum Gasteiger partial charge on any atom is 0.277 e. The number of aromatic nitrogens is 1. The Hall–Kier alpha value is -1.97. The maximum atomic E-state index is 11.7. The molecule has 0 aromatic carbocycles. The van der Waals surface area contributed by atoms with Crippen LogP contribution in [0.2, 0.25) is 0 Å². The summed E-state index contributed by atoms with van der Waals surface area (Å²) < 4.78 is 1.82. The minimum Gasteiger partial charge on any atom is -0.267 e. The van der Waals surface area contributed by atoms with Crippen molar-refractivity contribution < 1.29 is 9.36 Å². The predicted molar refractivity (Wildman–Crippen MR) is 72.2 cm³/mol. The van der Waals surface area contributed by atoms with E-state index in [1.54, 1.807) is 18.5 Å². The van der Waals surface area contributed by atoms with Crippen LogP contribution in [-0.4, -0.2) is 12.1 Å². The number of nitrogens with one attached hydrogen (secondary N) is 1. The fourth-order valence-corrected chi connectivity index (χ4v) is 1.40. The summed E-state index contributed by atoms with van der Waals surface area (Å²) in [4.78, 5) is 11.7. The number of allylic oxidation sites excluding steroid dienone is 2. The molecule has 0 spiro atoms. The molecule has 4 nitrogen and oxygen atoms in total. The lowest BCUT2D eigenvalue weighted by atomic mass is 10.2. The first-order chi connectivity index (χ1) is 8.63. The van der Waals surface area contributed by atoms with Crippen LogP contribution in [0.4, 0.5) is 0 Å². The van der Waals surface area contributed by atoms with E-state index in [0.717, 1.165) is 18.4 Å². The second-order valence-electron chi connectivity index (χ2n) is 4.19. The molecular weight excluding hydrogens is 226 g/mol. The van der Waals surface area contributed by atoms with E-state index >= 15 is 0 Å². The highest BCUT2D eigenvalue weighted by Gasteiger charge is 2.07. The zero-order valence-electron chi connectivity index (χ0n) is 11.2. The molecule has 0 atom stereocenters. The summed E-state index contributed by atoms with van der Waals surface area (Å²) in [5.41, 5.74) is 4.15. The monoisotopic (exact) mass is 246 g/mol. The predicted octanol–water partition coefficient (Wildman–Crippen LogP) is 1.97. The summed E-state index contributed by atoms with van der Waals surface area (Å²) in [6.07, 6.45) is 9.52. The van der Waals surface area contributed by atoms with Gasteiger partial charge in [-0.1, -0.05) is 19.4 Å². The van der Waals surface area contributed by atoms with Crippen LogP contribution in [0.3, 0.4) is 0 Å². The topological polar surface area (TPSA) is 45.3 Å². The van der Waals surface area contributed by atoms with E-state index in [9.17, 15) is 4.79 Å². The lowest BCUT2D eigenvalue weighted by molar-refractivity contribution is -0.671. The number of amides is 1. The summed E-state index contributed by atoms with van der Waals surface area (Å²) in [6.45, 7) is 4.09. The van der Waals surface area contributed by atoms with Crippen molar-refractivity contribution in [2.75, 3.05) is 0 Å². The van der Waals surface area contributed by atoms with E-state index in [2.05, 4.69) is 23.5 Å². The Kier molecular flexibility index (Phi) is 5.77. The van der Waals surface area contributed by atoms with Gasteiger partial charge in [-0.15, -0.1) is 0 Å². The fourth-order valence-electron chi connectivity index (χ4n) is 1.40. The first kappa shape index (κ1) is 14.1. The standard InChI is InChI=1S/C14H19N3O/c1-4-5-7-12(2)10-15-16-14(18)13-8-6-9-17(3)11-13/h6-11H,4-5H2,1-3H3/p+1/b12-7+,15-10-. The molecule has 4 heteroatoms. The molecule has 1 amide bonds. The number of carbonyl (C=O) groups is 1. The van der Waals surface area contributed by atoms with Gasteiger partial charge < -0.3 is 0 Å². The molecule has 1 aromatic rings. The molecule has 1 rings (SSSR count). The van der Waals surface area contributed by atoms with E-state index < -0.39 is 0 Å². The van der Waals surface area contributed by atoms with E-state index in [-0.39, 0.29) is 5.91 Å². The van der Waals surface area contributed by atoms with Crippen molar-refractivity contribution in [2.45, 2.75) is 26.7 Å². The zero-order valence-corrected chi connectivity index (χ0v) is 11.2. The number of unbranched alkanes of at least 4 members (excludes halogenated alkanes) is 1. The second kappa shape index (κ2) is 7.37. The molecular formula is C14H20N3O+. The maximum absolute atomic E-state index is 11.7. The number of rotatable bonds is 5. The fraction of sp³-hybridized carbons (Fsp3) is 0.357. The van der Waals surface area contributed by atoms with Crippen LogP contribution in [0.5, 0.6) is 0 Å². The molecule has 1 heterocycles. The molecule has 0 saturated carbocycles. The smallest absolute Gasteiger partial charge is 0.267 e. The number of hydrogen-bond donors (Lipinski definition) is 1. The van der Waals surface area contributed by atoms with Crippen LogP contribution >= 0.6 is 0 Å². The first-order valence-electron chi connectivity index (χ1n) is 6.09. The van der Waals surface area contributed by atoms with Crippen LogP contribution < -0.4 is 9.99 Å². The highest BCUT2D eigenvalue weighted by Crippen LogP contribution is 1.96. The molecule has 0 aliphatic carbocycles. The van der Waals surface area contributed by atoms with Gasteiger partial charge >= 0.3 is 0 Å². The average Bonchev–Trinajstić information content (AvgIpc) is 2.36. The molecule has 0 aliphatic rings. The molecule has 0 radical (unpaired) electrons. The number of carbonyl (C=O) groups excluding carboxylic acids is 1. The van der Waals surface area contributed by atoms with Gasteiger partial charge in [-0.3, -0.25) is 4.79 Å². The Morgan fingerprint density at radius 3 is 3.00 bits per heavy atom. The second-order valence-corrected chi connectivity index (χ2v) is 4.19. The van der Waals surface area contributed by atoms with Crippen molar-refractivity contribution in [2.24, 2.45) is 12.1 Å². The minimum absolute atomic E-state index is 0.203. The molecule has 1 aromatic heterocycles. The number of hydrazone groups is 1. The van der Waals surface area contributed by atoms with Crippen LogP contribution in [0, 0.1) is 0 Å². The van der Waals surface area contributed by atoms with Crippen LogP contribution in [0.25, 0.3) is 0 Å².